The van der Waals surface area contributed by atoms with Crippen LogP contribution in [0.3, 0.4) is 0 Å². The fourth-order valence-corrected chi connectivity index (χ4v) is 3.61. The van der Waals surface area contributed by atoms with Crippen molar-refractivity contribution in [1.82, 2.24) is 10.2 Å². The molecule has 2 aliphatic rings. The van der Waals surface area contributed by atoms with Crippen LogP contribution in [0.5, 0.6) is 0 Å². The molecule has 1 saturated carbocycles. The van der Waals surface area contributed by atoms with Gasteiger partial charge in [0.05, 0.1) is 0 Å². The second kappa shape index (κ2) is 7.88. The van der Waals surface area contributed by atoms with Crippen molar-refractivity contribution in [1.29, 1.82) is 0 Å². The van der Waals surface area contributed by atoms with Crippen molar-refractivity contribution in [2.45, 2.75) is 83.2 Å². The van der Waals surface area contributed by atoms with Crippen LogP contribution in [0.4, 0.5) is 0 Å². The lowest BCUT2D eigenvalue weighted by atomic mass is 9.95. The maximum atomic E-state index is 12.0. The van der Waals surface area contributed by atoms with Crippen LogP contribution in [0.2, 0.25) is 0 Å². The molecule has 0 radical (unpaired) electrons. The summed E-state index contributed by atoms with van der Waals surface area (Å²) >= 11 is 0. The number of hydrogen-bond acceptors (Lipinski definition) is 2. The van der Waals surface area contributed by atoms with Gasteiger partial charge in [-0.15, -0.1) is 0 Å². The summed E-state index contributed by atoms with van der Waals surface area (Å²) in [7, 11) is 0. The molecule has 0 spiro atoms. The van der Waals surface area contributed by atoms with Gasteiger partial charge in [-0.1, -0.05) is 32.6 Å². The molecule has 110 valence electrons. The van der Waals surface area contributed by atoms with Crippen LogP contribution >= 0.6 is 0 Å². The number of likely N-dealkylation sites (tertiary alicyclic amines) is 1. The molecule has 1 unspecified atom stereocenters. The van der Waals surface area contributed by atoms with Gasteiger partial charge in [-0.3, -0.25) is 9.69 Å². The first-order valence-electron chi connectivity index (χ1n) is 8.33. The Labute approximate surface area is 118 Å². The van der Waals surface area contributed by atoms with E-state index in [1.165, 1.54) is 64.3 Å². The molecule has 1 N–H and O–H groups in total. The number of hydrogen-bond donors (Lipinski definition) is 1. The van der Waals surface area contributed by atoms with Gasteiger partial charge in [0.1, 0.15) is 0 Å². The molecule has 0 bridgehead atoms. The summed E-state index contributed by atoms with van der Waals surface area (Å²) in [5.74, 6) is 0.271. The Bertz CT molecular complexity index is 274. The van der Waals surface area contributed by atoms with E-state index in [2.05, 4.69) is 17.1 Å². The first-order chi connectivity index (χ1) is 9.29. The quantitative estimate of drug-likeness (QED) is 0.829. The third-order valence-electron chi connectivity index (χ3n) is 4.82. The van der Waals surface area contributed by atoms with Crippen LogP contribution < -0.4 is 5.32 Å². The largest absolute Gasteiger partial charge is 0.353 e. The molecule has 1 atom stereocenters. The number of nitrogens with one attached hydrogen (secondary N) is 1. The van der Waals surface area contributed by atoms with E-state index in [1.807, 2.05) is 0 Å². The second-order valence-electron chi connectivity index (χ2n) is 6.25. The Kier molecular flexibility index (Phi) is 6.15. The van der Waals surface area contributed by atoms with Crippen LogP contribution in [-0.2, 0) is 4.79 Å². The molecule has 19 heavy (non-hydrogen) atoms. The average molecular weight is 266 g/mol. The van der Waals surface area contributed by atoms with Crippen molar-refractivity contribution in [3.63, 3.8) is 0 Å². The van der Waals surface area contributed by atoms with Crippen LogP contribution in [0.1, 0.15) is 71.1 Å². The number of amides is 1. The molecule has 2 fully saturated rings. The van der Waals surface area contributed by atoms with Gasteiger partial charge in [0.25, 0.3) is 0 Å². The maximum absolute atomic E-state index is 12.0. The molecule has 1 heterocycles. The molecular weight excluding hydrogens is 236 g/mol. The minimum atomic E-state index is 0.271. The molecule has 1 amide bonds. The summed E-state index contributed by atoms with van der Waals surface area (Å²) in [4.78, 5) is 14.5. The van der Waals surface area contributed by atoms with Crippen molar-refractivity contribution in [3.05, 3.63) is 0 Å². The van der Waals surface area contributed by atoms with Gasteiger partial charge in [-0.25, -0.2) is 0 Å². The van der Waals surface area contributed by atoms with Crippen molar-refractivity contribution >= 4 is 5.91 Å². The predicted molar refractivity (Wildman–Crippen MR) is 79.1 cm³/mol. The highest BCUT2D eigenvalue weighted by atomic mass is 16.1. The topological polar surface area (TPSA) is 32.3 Å². The first-order valence-corrected chi connectivity index (χ1v) is 8.33. The fourth-order valence-electron chi connectivity index (χ4n) is 3.61. The van der Waals surface area contributed by atoms with Gasteiger partial charge in [0.15, 0.2) is 0 Å². The predicted octanol–water partition coefficient (Wildman–Crippen LogP) is 3.09. The Hall–Kier alpha value is -0.570. The van der Waals surface area contributed by atoms with E-state index < -0.39 is 0 Å². The lowest BCUT2D eigenvalue weighted by molar-refractivity contribution is -0.122. The average Bonchev–Trinajstić information content (AvgIpc) is 2.46. The van der Waals surface area contributed by atoms with Crippen LogP contribution in [0, 0.1) is 0 Å². The number of carbonyl (C=O) groups is 1. The molecule has 1 saturated heterocycles. The third kappa shape index (κ3) is 4.79. The summed E-state index contributed by atoms with van der Waals surface area (Å²) in [6, 6.07) is 1.18. The van der Waals surface area contributed by atoms with E-state index in [4.69, 9.17) is 0 Å². The molecule has 0 aromatic heterocycles. The zero-order valence-electron chi connectivity index (χ0n) is 12.5. The molecule has 3 heteroatoms. The Balaban J connectivity index is 1.67. The van der Waals surface area contributed by atoms with Gasteiger partial charge in [0.2, 0.25) is 5.91 Å². The maximum Gasteiger partial charge on any atom is 0.221 e. The van der Waals surface area contributed by atoms with Gasteiger partial charge in [-0.05, 0) is 38.6 Å². The third-order valence-corrected chi connectivity index (χ3v) is 4.82. The lowest BCUT2D eigenvalue weighted by Crippen LogP contribution is -2.42. The van der Waals surface area contributed by atoms with E-state index in [1.54, 1.807) is 0 Å². The van der Waals surface area contributed by atoms with E-state index in [0.29, 0.717) is 12.5 Å². The Morgan fingerprint density at radius 1 is 1.11 bits per heavy atom. The molecule has 1 aliphatic heterocycles. The van der Waals surface area contributed by atoms with E-state index in [0.717, 1.165) is 12.6 Å². The van der Waals surface area contributed by atoms with Gasteiger partial charge >= 0.3 is 0 Å². The summed E-state index contributed by atoms with van der Waals surface area (Å²) in [6.07, 6.45) is 12.2. The van der Waals surface area contributed by atoms with E-state index in [9.17, 15) is 4.79 Å². The SMILES string of the molecule is CCC1CCCCN1CCC(=O)NC1CCCCC1. The number of nitrogens with zero attached hydrogens (tertiary/aromatic N) is 1. The second-order valence-corrected chi connectivity index (χ2v) is 6.25. The number of carbonyl (C=O) groups excluding carboxylic acids is 1. The van der Waals surface area contributed by atoms with E-state index in [-0.39, 0.29) is 5.91 Å². The van der Waals surface area contributed by atoms with Crippen LogP contribution in [0.15, 0.2) is 0 Å². The van der Waals surface area contributed by atoms with Crippen LogP contribution in [-0.4, -0.2) is 36.0 Å². The van der Waals surface area contributed by atoms with Crippen molar-refractivity contribution in [2.24, 2.45) is 0 Å². The molecular formula is C16H30N2O. The van der Waals surface area contributed by atoms with E-state index >= 15 is 0 Å². The summed E-state index contributed by atoms with van der Waals surface area (Å²) < 4.78 is 0. The molecule has 2 rings (SSSR count). The van der Waals surface area contributed by atoms with Crippen molar-refractivity contribution < 1.29 is 4.79 Å². The van der Waals surface area contributed by atoms with Crippen LogP contribution in [0.25, 0.3) is 0 Å². The zero-order valence-corrected chi connectivity index (χ0v) is 12.5. The zero-order chi connectivity index (χ0) is 13.5. The Morgan fingerprint density at radius 3 is 2.58 bits per heavy atom. The highest BCUT2D eigenvalue weighted by molar-refractivity contribution is 5.76. The number of piperidine rings is 1. The molecule has 3 nitrogen and oxygen atoms in total. The minimum absolute atomic E-state index is 0.271. The summed E-state index contributed by atoms with van der Waals surface area (Å²) in [5, 5.41) is 3.23. The minimum Gasteiger partial charge on any atom is -0.353 e. The van der Waals surface area contributed by atoms with Crippen molar-refractivity contribution in [2.75, 3.05) is 13.1 Å². The van der Waals surface area contributed by atoms with Gasteiger partial charge < -0.3 is 5.32 Å². The van der Waals surface area contributed by atoms with Gasteiger partial charge in [-0.2, -0.15) is 0 Å². The fraction of sp³-hybridized carbons (Fsp3) is 0.938. The summed E-state index contributed by atoms with van der Waals surface area (Å²) in [5.41, 5.74) is 0. The normalized spacial score (nSPS) is 26.3. The smallest absolute Gasteiger partial charge is 0.221 e. The standard InChI is InChI=1S/C16H30N2O/c1-2-15-10-6-7-12-18(15)13-11-16(19)17-14-8-4-3-5-9-14/h14-15H,2-13H2,1H3,(H,17,19). The highest BCUT2D eigenvalue weighted by Gasteiger charge is 2.22. The monoisotopic (exact) mass is 266 g/mol. The first kappa shape index (κ1) is 14.8. The molecule has 0 aromatic rings. The van der Waals surface area contributed by atoms with Crippen molar-refractivity contribution in [3.8, 4) is 0 Å². The Morgan fingerprint density at radius 2 is 1.84 bits per heavy atom. The highest BCUT2D eigenvalue weighted by Crippen LogP contribution is 2.20. The molecule has 0 aromatic carbocycles. The summed E-state index contributed by atoms with van der Waals surface area (Å²) in [6.45, 7) is 4.41. The number of rotatable bonds is 5. The molecule has 1 aliphatic carbocycles. The lowest BCUT2D eigenvalue weighted by Gasteiger charge is -2.35. The van der Waals surface area contributed by atoms with Gasteiger partial charge in [0, 0.05) is 25.0 Å².